The van der Waals surface area contributed by atoms with Gasteiger partial charge < -0.3 is 19.9 Å². The number of hydrogen-bond acceptors (Lipinski definition) is 3. The Morgan fingerprint density at radius 1 is 1.33 bits per heavy atom. The van der Waals surface area contributed by atoms with Crippen LogP contribution in [0.1, 0.15) is 30.4 Å². The molecule has 1 amide bonds. The number of para-hydroxylation sites is 2. The molecule has 5 nitrogen and oxygen atoms in total. The van der Waals surface area contributed by atoms with E-state index in [-0.39, 0.29) is 11.9 Å². The Bertz CT molecular complexity index is 647. The highest BCUT2D eigenvalue weighted by Gasteiger charge is 2.21. The van der Waals surface area contributed by atoms with Gasteiger partial charge in [-0.2, -0.15) is 0 Å². The van der Waals surface area contributed by atoms with E-state index in [0.717, 1.165) is 5.69 Å². The van der Waals surface area contributed by atoms with Crippen molar-refractivity contribution in [3.05, 3.63) is 42.2 Å². The number of rotatable bonds is 4. The quantitative estimate of drug-likeness (QED) is 0.940. The number of nitrogens with zero attached hydrogens (tertiary/aromatic N) is 2. The van der Waals surface area contributed by atoms with Crippen molar-refractivity contribution in [2.45, 2.75) is 19.9 Å². The van der Waals surface area contributed by atoms with E-state index in [4.69, 9.17) is 10.5 Å². The van der Waals surface area contributed by atoms with Crippen LogP contribution < -0.4 is 15.4 Å². The summed E-state index contributed by atoms with van der Waals surface area (Å²) < 4.78 is 7.19. The zero-order chi connectivity index (χ0) is 15.6. The molecule has 2 rings (SSSR count). The number of ether oxygens (including phenoxy) is 1. The van der Waals surface area contributed by atoms with Crippen molar-refractivity contribution >= 4 is 17.3 Å². The monoisotopic (exact) mass is 287 g/mol. The minimum absolute atomic E-state index is 0.120. The summed E-state index contributed by atoms with van der Waals surface area (Å²) in [6.45, 7) is 4.03. The van der Waals surface area contributed by atoms with Crippen LogP contribution in [-0.4, -0.2) is 24.6 Å². The summed E-state index contributed by atoms with van der Waals surface area (Å²) in [6, 6.07) is 9.28. The second-order valence-electron chi connectivity index (χ2n) is 5.20. The van der Waals surface area contributed by atoms with Crippen molar-refractivity contribution in [2.75, 3.05) is 24.8 Å². The summed E-state index contributed by atoms with van der Waals surface area (Å²) in [5.41, 5.74) is 7.71. The van der Waals surface area contributed by atoms with Gasteiger partial charge in [0.25, 0.3) is 5.91 Å². The Hall–Kier alpha value is -2.43. The van der Waals surface area contributed by atoms with Gasteiger partial charge in [0.05, 0.1) is 18.5 Å². The molecular formula is C16H21N3O2. The fourth-order valence-electron chi connectivity index (χ4n) is 2.29. The number of amides is 1. The van der Waals surface area contributed by atoms with Gasteiger partial charge >= 0.3 is 0 Å². The van der Waals surface area contributed by atoms with Crippen LogP contribution in [0.2, 0.25) is 0 Å². The molecule has 0 atom stereocenters. The molecule has 1 aromatic carbocycles. The van der Waals surface area contributed by atoms with Gasteiger partial charge in [0.1, 0.15) is 11.4 Å². The van der Waals surface area contributed by atoms with Crippen LogP contribution in [0.5, 0.6) is 5.75 Å². The Kier molecular flexibility index (Phi) is 4.21. The number of carbonyl (C=O) groups excluding carboxylic acids is 1. The van der Waals surface area contributed by atoms with E-state index in [1.165, 1.54) is 0 Å². The number of aromatic nitrogens is 1. The number of carbonyl (C=O) groups is 1. The third-order valence-corrected chi connectivity index (χ3v) is 3.40. The van der Waals surface area contributed by atoms with Gasteiger partial charge in [-0.15, -0.1) is 0 Å². The second kappa shape index (κ2) is 5.91. The zero-order valence-electron chi connectivity index (χ0n) is 12.8. The smallest absolute Gasteiger partial charge is 0.274 e. The minimum atomic E-state index is -0.120. The first-order valence-electron chi connectivity index (χ1n) is 6.84. The van der Waals surface area contributed by atoms with Gasteiger partial charge in [-0.1, -0.05) is 12.1 Å². The predicted molar refractivity (Wildman–Crippen MR) is 85.0 cm³/mol. The third kappa shape index (κ3) is 2.86. The highest BCUT2D eigenvalue weighted by atomic mass is 16.5. The SMILES string of the molecule is COc1ccccc1N(C)C(=O)c1cc(N)cn1C(C)C. The molecule has 0 aliphatic heterocycles. The summed E-state index contributed by atoms with van der Waals surface area (Å²) in [5.74, 6) is 0.536. The Morgan fingerprint density at radius 3 is 2.62 bits per heavy atom. The lowest BCUT2D eigenvalue weighted by molar-refractivity contribution is 0.0982. The van der Waals surface area contributed by atoms with Crippen molar-refractivity contribution in [1.82, 2.24) is 4.57 Å². The van der Waals surface area contributed by atoms with Crippen molar-refractivity contribution in [3.8, 4) is 5.75 Å². The Morgan fingerprint density at radius 2 is 2.00 bits per heavy atom. The number of hydrogen-bond donors (Lipinski definition) is 1. The van der Waals surface area contributed by atoms with E-state index in [1.54, 1.807) is 31.3 Å². The molecule has 21 heavy (non-hydrogen) atoms. The first-order valence-corrected chi connectivity index (χ1v) is 6.84. The van der Waals surface area contributed by atoms with Crippen LogP contribution in [0.15, 0.2) is 36.5 Å². The molecule has 1 aromatic heterocycles. The van der Waals surface area contributed by atoms with Crippen molar-refractivity contribution < 1.29 is 9.53 Å². The third-order valence-electron chi connectivity index (χ3n) is 3.40. The van der Waals surface area contributed by atoms with E-state index in [1.807, 2.05) is 42.7 Å². The molecule has 0 unspecified atom stereocenters. The lowest BCUT2D eigenvalue weighted by atomic mass is 10.2. The lowest BCUT2D eigenvalue weighted by Gasteiger charge is -2.21. The van der Waals surface area contributed by atoms with E-state index in [9.17, 15) is 4.79 Å². The molecular weight excluding hydrogens is 266 g/mol. The van der Waals surface area contributed by atoms with E-state index in [0.29, 0.717) is 17.1 Å². The van der Waals surface area contributed by atoms with Crippen LogP contribution in [0.3, 0.4) is 0 Å². The summed E-state index contributed by atoms with van der Waals surface area (Å²) in [7, 11) is 3.32. The average Bonchev–Trinajstić information content (AvgIpc) is 2.88. The summed E-state index contributed by atoms with van der Waals surface area (Å²) >= 11 is 0. The van der Waals surface area contributed by atoms with Gasteiger partial charge in [-0.3, -0.25) is 4.79 Å². The maximum Gasteiger partial charge on any atom is 0.274 e. The first-order chi connectivity index (χ1) is 9.95. The van der Waals surface area contributed by atoms with Gasteiger partial charge in [-0.25, -0.2) is 0 Å². The van der Waals surface area contributed by atoms with E-state index >= 15 is 0 Å². The number of nitrogen functional groups attached to an aromatic ring is 1. The molecule has 112 valence electrons. The lowest BCUT2D eigenvalue weighted by Crippen LogP contribution is -2.29. The zero-order valence-corrected chi connectivity index (χ0v) is 12.8. The molecule has 0 aliphatic rings. The minimum Gasteiger partial charge on any atom is -0.495 e. The molecule has 0 saturated heterocycles. The van der Waals surface area contributed by atoms with Gasteiger partial charge in [0, 0.05) is 19.3 Å². The topological polar surface area (TPSA) is 60.5 Å². The van der Waals surface area contributed by atoms with Gasteiger partial charge in [0.2, 0.25) is 0 Å². The fraction of sp³-hybridized carbons (Fsp3) is 0.312. The molecule has 5 heteroatoms. The normalized spacial score (nSPS) is 10.7. The largest absolute Gasteiger partial charge is 0.495 e. The second-order valence-corrected chi connectivity index (χ2v) is 5.20. The van der Waals surface area contributed by atoms with Gasteiger partial charge in [-0.05, 0) is 32.0 Å². The maximum atomic E-state index is 12.7. The van der Waals surface area contributed by atoms with E-state index < -0.39 is 0 Å². The Labute approximate surface area is 124 Å². The molecule has 0 fully saturated rings. The van der Waals surface area contributed by atoms with Crippen LogP contribution >= 0.6 is 0 Å². The number of methoxy groups -OCH3 is 1. The predicted octanol–water partition coefficient (Wildman–Crippen LogP) is 2.94. The van der Waals surface area contributed by atoms with Crippen LogP contribution in [0.25, 0.3) is 0 Å². The van der Waals surface area contributed by atoms with E-state index in [2.05, 4.69) is 0 Å². The molecule has 0 saturated carbocycles. The van der Waals surface area contributed by atoms with Crippen LogP contribution in [0, 0.1) is 0 Å². The van der Waals surface area contributed by atoms with Crippen molar-refractivity contribution in [1.29, 1.82) is 0 Å². The van der Waals surface area contributed by atoms with Crippen molar-refractivity contribution in [3.63, 3.8) is 0 Å². The van der Waals surface area contributed by atoms with Crippen molar-refractivity contribution in [2.24, 2.45) is 0 Å². The first kappa shape index (κ1) is 15.0. The molecule has 0 aliphatic carbocycles. The Balaban J connectivity index is 2.40. The highest BCUT2D eigenvalue weighted by Crippen LogP contribution is 2.28. The molecule has 0 bridgehead atoms. The molecule has 0 radical (unpaired) electrons. The summed E-state index contributed by atoms with van der Waals surface area (Å²) in [4.78, 5) is 14.3. The average molecular weight is 287 g/mol. The van der Waals surface area contributed by atoms with Crippen LogP contribution in [0.4, 0.5) is 11.4 Å². The number of anilines is 2. The van der Waals surface area contributed by atoms with Crippen LogP contribution in [-0.2, 0) is 0 Å². The van der Waals surface area contributed by atoms with Gasteiger partial charge in [0.15, 0.2) is 0 Å². The fourth-order valence-corrected chi connectivity index (χ4v) is 2.29. The highest BCUT2D eigenvalue weighted by molar-refractivity contribution is 6.06. The molecule has 0 spiro atoms. The maximum absolute atomic E-state index is 12.7. The molecule has 2 N–H and O–H groups in total. The standard InChI is InChI=1S/C16H21N3O2/c1-11(2)19-10-12(17)9-14(19)16(20)18(3)13-7-5-6-8-15(13)21-4/h5-11H,17H2,1-4H3. The summed E-state index contributed by atoms with van der Waals surface area (Å²) in [5, 5.41) is 0. The summed E-state index contributed by atoms with van der Waals surface area (Å²) in [6.07, 6.45) is 1.79. The molecule has 1 heterocycles. The molecule has 2 aromatic rings. The number of nitrogens with two attached hydrogens (primary N) is 1. The number of benzene rings is 1.